The minimum absolute atomic E-state index is 0.412. The first-order chi connectivity index (χ1) is 6.62. The molecule has 0 aromatic rings. The van der Waals surface area contributed by atoms with Crippen LogP contribution in [0.1, 0.15) is 48.0 Å². The van der Waals surface area contributed by atoms with E-state index in [1.54, 1.807) is 0 Å². The Morgan fingerprint density at radius 3 is 1.50 bits per heavy atom. The molecule has 0 saturated carbocycles. The minimum Gasteiger partial charge on any atom is -0.281 e. The van der Waals surface area contributed by atoms with Crippen LogP contribution in [0.15, 0.2) is 0 Å². The molecule has 1 heteroatoms. The van der Waals surface area contributed by atoms with Gasteiger partial charge in [-0.1, -0.05) is 41.5 Å². The third kappa shape index (κ3) is 3.98. The molecule has 102 valence electrons. The van der Waals surface area contributed by atoms with Gasteiger partial charge < -0.3 is 0 Å². The average Bonchev–Trinajstić information content (AvgIpc) is 1.97. The fourth-order valence-corrected chi connectivity index (χ4v) is 8.12. The Labute approximate surface area is 104 Å². The summed E-state index contributed by atoms with van der Waals surface area (Å²) >= 11 is 0. The van der Waals surface area contributed by atoms with E-state index in [1.807, 2.05) is 0 Å². The van der Waals surface area contributed by atoms with Gasteiger partial charge in [0.2, 0.25) is 0 Å². The Morgan fingerprint density at radius 2 is 1.31 bits per heavy atom. The lowest BCUT2D eigenvalue weighted by atomic mass is 9.87. The summed E-state index contributed by atoms with van der Waals surface area (Å²) in [6.07, 6.45) is 11.7. The largest absolute Gasteiger partial charge is 0.281 e. The van der Waals surface area contributed by atoms with Gasteiger partial charge in [-0.25, -0.2) is 0 Å². The van der Waals surface area contributed by atoms with Crippen molar-refractivity contribution in [3.63, 3.8) is 0 Å². The third-order valence-electron chi connectivity index (χ3n) is 4.31. The van der Waals surface area contributed by atoms with Crippen molar-refractivity contribution in [2.75, 3.05) is 30.8 Å². The standard InChI is InChI=1S/C15H36S/c1-11-16(7,8,9,10)14(12-13(2)3)15(4,5)6/h13-14H,11-12H2,1-10H3. The minimum atomic E-state index is -1.92. The van der Waals surface area contributed by atoms with Gasteiger partial charge in [0, 0.05) is 0 Å². The van der Waals surface area contributed by atoms with E-state index in [-0.39, 0.29) is 0 Å². The van der Waals surface area contributed by atoms with Crippen molar-refractivity contribution in [3.8, 4) is 0 Å². The van der Waals surface area contributed by atoms with Crippen LogP contribution in [-0.4, -0.2) is 36.0 Å². The molecule has 0 aliphatic rings. The zero-order chi connectivity index (χ0) is 13.5. The normalized spacial score (nSPS) is 20.4. The summed E-state index contributed by atoms with van der Waals surface area (Å²) in [5.41, 5.74) is 0.412. The van der Waals surface area contributed by atoms with Crippen molar-refractivity contribution < 1.29 is 0 Å². The predicted octanol–water partition coefficient (Wildman–Crippen LogP) is 4.86. The molecule has 0 aliphatic carbocycles. The summed E-state index contributed by atoms with van der Waals surface area (Å²) in [5, 5.41) is 0.831. The highest BCUT2D eigenvalue weighted by Crippen LogP contribution is 2.84. The van der Waals surface area contributed by atoms with Gasteiger partial charge in [-0.3, -0.25) is 8.29 Å². The highest BCUT2D eigenvalue weighted by molar-refractivity contribution is 8.63. The fraction of sp³-hybridized carbons (Fsp3) is 1.00. The van der Waals surface area contributed by atoms with Crippen molar-refractivity contribution in [3.05, 3.63) is 0 Å². The van der Waals surface area contributed by atoms with E-state index in [9.17, 15) is 0 Å². The van der Waals surface area contributed by atoms with Gasteiger partial charge in [-0.2, -0.15) is 0 Å². The van der Waals surface area contributed by atoms with Crippen LogP contribution in [0.25, 0.3) is 0 Å². The molecule has 0 amide bonds. The molecule has 0 saturated heterocycles. The Balaban J connectivity index is 5.55. The number of rotatable bonds is 4. The van der Waals surface area contributed by atoms with Crippen LogP contribution >= 0.6 is 8.29 Å². The molecule has 1 atom stereocenters. The molecule has 0 aliphatic heterocycles. The van der Waals surface area contributed by atoms with Crippen LogP contribution in [0, 0.1) is 11.3 Å². The molecule has 0 rings (SSSR count). The van der Waals surface area contributed by atoms with Crippen LogP contribution in [0.5, 0.6) is 0 Å². The van der Waals surface area contributed by atoms with Gasteiger partial charge in [0.1, 0.15) is 0 Å². The second kappa shape index (κ2) is 3.67. The maximum Gasteiger partial charge on any atom is -0.0175 e. The van der Waals surface area contributed by atoms with E-state index in [4.69, 9.17) is 0 Å². The van der Waals surface area contributed by atoms with Gasteiger partial charge >= 0.3 is 0 Å². The second-order valence-electron chi connectivity index (χ2n) is 9.49. The Hall–Kier alpha value is 0.350. The first-order valence-corrected chi connectivity index (χ1v) is 10.9. The van der Waals surface area contributed by atoms with Crippen molar-refractivity contribution in [1.29, 1.82) is 0 Å². The lowest BCUT2D eigenvalue weighted by Crippen LogP contribution is -2.51. The molecule has 0 radical (unpaired) electrons. The Bertz CT molecular complexity index is 244. The quantitative estimate of drug-likeness (QED) is 0.666. The molecule has 0 spiro atoms. The van der Waals surface area contributed by atoms with E-state index in [2.05, 4.69) is 66.6 Å². The van der Waals surface area contributed by atoms with Crippen molar-refractivity contribution in [2.24, 2.45) is 11.3 Å². The molecule has 16 heavy (non-hydrogen) atoms. The highest BCUT2D eigenvalue weighted by Gasteiger charge is 2.52. The lowest BCUT2D eigenvalue weighted by Gasteiger charge is -2.77. The van der Waals surface area contributed by atoms with Crippen LogP contribution in [-0.2, 0) is 0 Å². The first kappa shape index (κ1) is 16.4. The van der Waals surface area contributed by atoms with E-state index in [0.717, 1.165) is 11.2 Å². The Kier molecular flexibility index (Phi) is 3.75. The summed E-state index contributed by atoms with van der Waals surface area (Å²) in [5.74, 6) is 2.12. The van der Waals surface area contributed by atoms with Crippen LogP contribution < -0.4 is 0 Å². The molecule has 0 nitrogen and oxygen atoms in total. The van der Waals surface area contributed by atoms with Gasteiger partial charge in [0.25, 0.3) is 0 Å². The molecule has 0 N–H and O–H groups in total. The molecule has 0 aromatic carbocycles. The molecule has 0 bridgehead atoms. The zero-order valence-corrected chi connectivity index (χ0v) is 14.3. The number of hydrogen-bond acceptors (Lipinski definition) is 0. The van der Waals surface area contributed by atoms with Crippen LogP contribution in [0.2, 0.25) is 0 Å². The summed E-state index contributed by atoms with van der Waals surface area (Å²) in [6.45, 7) is 14.4. The summed E-state index contributed by atoms with van der Waals surface area (Å²) in [7, 11) is -1.92. The zero-order valence-electron chi connectivity index (χ0n) is 13.5. The van der Waals surface area contributed by atoms with Crippen molar-refractivity contribution in [1.82, 2.24) is 0 Å². The lowest BCUT2D eigenvalue weighted by molar-refractivity contribution is 0.344. The first-order valence-electron chi connectivity index (χ1n) is 6.62. The third-order valence-corrected chi connectivity index (χ3v) is 10.5. The summed E-state index contributed by atoms with van der Waals surface area (Å²) in [6, 6.07) is 0. The highest BCUT2D eigenvalue weighted by atomic mass is 32.4. The van der Waals surface area contributed by atoms with Crippen molar-refractivity contribution >= 4 is 8.29 Å². The molecule has 1 unspecified atom stereocenters. The number of hydrogen-bond donors (Lipinski definition) is 0. The van der Waals surface area contributed by atoms with Gasteiger partial charge in [-0.05, 0) is 53.8 Å². The van der Waals surface area contributed by atoms with E-state index >= 15 is 0 Å². The fourth-order valence-electron chi connectivity index (χ4n) is 3.10. The maximum atomic E-state index is 2.58. The van der Waals surface area contributed by atoms with Crippen molar-refractivity contribution in [2.45, 2.75) is 53.2 Å². The molecular formula is C15H36S. The smallest absolute Gasteiger partial charge is 0.0175 e. The molecule has 0 fully saturated rings. The van der Waals surface area contributed by atoms with E-state index < -0.39 is 8.29 Å². The van der Waals surface area contributed by atoms with Crippen LogP contribution in [0.3, 0.4) is 0 Å². The maximum absolute atomic E-state index is 2.58. The average molecular weight is 249 g/mol. The monoisotopic (exact) mass is 248 g/mol. The summed E-state index contributed by atoms with van der Waals surface area (Å²) < 4.78 is 0. The summed E-state index contributed by atoms with van der Waals surface area (Å²) in [4.78, 5) is 0. The van der Waals surface area contributed by atoms with Crippen LogP contribution in [0.4, 0.5) is 0 Å². The second-order valence-corrected chi connectivity index (χ2v) is 20.1. The molecular weight excluding hydrogens is 212 g/mol. The van der Waals surface area contributed by atoms with Gasteiger partial charge in [-0.15, -0.1) is 0 Å². The SMILES string of the molecule is CCS(C)(C)(C)(C)C(CC(C)C)C(C)(C)C. The van der Waals surface area contributed by atoms with Gasteiger partial charge in [0.05, 0.1) is 0 Å². The molecule has 0 aromatic heterocycles. The predicted molar refractivity (Wildman–Crippen MR) is 84.5 cm³/mol. The molecule has 0 heterocycles. The van der Waals surface area contributed by atoms with E-state index in [0.29, 0.717) is 5.41 Å². The Morgan fingerprint density at radius 1 is 0.938 bits per heavy atom. The van der Waals surface area contributed by atoms with Gasteiger partial charge in [0.15, 0.2) is 0 Å². The topological polar surface area (TPSA) is 0 Å². The van der Waals surface area contributed by atoms with E-state index in [1.165, 1.54) is 12.2 Å².